The number of aromatic amines is 2. The zero-order valence-corrected chi connectivity index (χ0v) is 15.7. The lowest BCUT2D eigenvalue weighted by Gasteiger charge is -2.26. The molecule has 0 aliphatic carbocycles. The molecule has 0 spiro atoms. The second kappa shape index (κ2) is 11.2. The quantitative estimate of drug-likeness (QED) is 0.370. The second-order valence-corrected chi connectivity index (χ2v) is 7.19. The van der Waals surface area contributed by atoms with Crippen LogP contribution in [0.15, 0.2) is 36.7 Å². The van der Waals surface area contributed by atoms with Crippen LogP contribution in [0.1, 0.15) is 95.4 Å². The van der Waals surface area contributed by atoms with Gasteiger partial charge in [-0.25, -0.2) is 0 Å². The Bertz CT molecular complexity index is 452. The molecule has 2 heterocycles. The molecular formula is C22H36N2. The summed E-state index contributed by atoms with van der Waals surface area (Å²) < 4.78 is 0. The zero-order chi connectivity index (χ0) is 17.0. The lowest BCUT2D eigenvalue weighted by molar-refractivity contribution is 0.363. The van der Waals surface area contributed by atoms with E-state index < -0.39 is 0 Å². The Labute approximate surface area is 148 Å². The Hall–Kier alpha value is -1.44. The van der Waals surface area contributed by atoms with Gasteiger partial charge < -0.3 is 9.97 Å². The van der Waals surface area contributed by atoms with Gasteiger partial charge in [-0.3, -0.25) is 0 Å². The Morgan fingerprint density at radius 1 is 0.708 bits per heavy atom. The van der Waals surface area contributed by atoms with Crippen molar-refractivity contribution >= 4 is 0 Å². The molecule has 2 heteroatoms. The lowest BCUT2D eigenvalue weighted by Crippen LogP contribution is -2.16. The average Bonchev–Trinajstić information content (AvgIpc) is 3.29. The van der Waals surface area contributed by atoms with Gasteiger partial charge in [0.1, 0.15) is 0 Å². The molecule has 2 aromatic rings. The fraction of sp³-hybridized carbons (Fsp3) is 0.636. The summed E-state index contributed by atoms with van der Waals surface area (Å²) in [7, 11) is 0. The van der Waals surface area contributed by atoms with Crippen LogP contribution in [0.25, 0.3) is 0 Å². The van der Waals surface area contributed by atoms with Crippen LogP contribution in [0.5, 0.6) is 0 Å². The van der Waals surface area contributed by atoms with Crippen LogP contribution >= 0.6 is 0 Å². The number of hydrogen-bond acceptors (Lipinski definition) is 0. The molecule has 0 aliphatic rings. The maximum absolute atomic E-state index is 3.49. The number of rotatable bonds is 13. The van der Waals surface area contributed by atoms with E-state index in [1.807, 2.05) is 0 Å². The van der Waals surface area contributed by atoms with E-state index in [-0.39, 0.29) is 0 Å². The molecule has 2 rings (SSSR count). The number of aromatic nitrogens is 2. The van der Waals surface area contributed by atoms with E-state index in [4.69, 9.17) is 0 Å². The molecule has 0 amide bonds. The molecule has 0 aromatic carbocycles. The van der Waals surface area contributed by atoms with Gasteiger partial charge in [-0.05, 0) is 43.0 Å². The van der Waals surface area contributed by atoms with Crippen LogP contribution in [0.2, 0.25) is 0 Å². The fourth-order valence-corrected chi connectivity index (χ4v) is 3.90. The Kier molecular flexibility index (Phi) is 8.80. The molecule has 0 bridgehead atoms. The summed E-state index contributed by atoms with van der Waals surface area (Å²) in [6.45, 7) is 4.59. The first-order valence-corrected chi connectivity index (χ1v) is 10.1. The van der Waals surface area contributed by atoms with E-state index in [2.05, 4.69) is 60.5 Å². The van der Waals surface area contributed by atoms with Crippen molar-refractivity contribution in [2.75, 3.05) is 0 Å². The van der Waals surface area contributed by atoms with Crippen LogP contribution in [0.3, 0.4) is 0 Å². The van der Waals surface area contributed by atoms with Gasteiger partial charge in [-0.2, -0.15) is 0 Å². The third-order valence-corrected chi connectivity index (χ3v) is 5.24. The molecule has 0 saturated carbocycles. The van der Waals surface area contributed by atoms with E-state index >= 15 is 0 Å². The Balaban J connectivity index is 2.07. The molecule has 2 nitrogen and oxygen atoms in total. The maximum Gasteiger partial charge on any atom is 0.0419 e. The Morgan fingerprint density at radius 2 is 1.21 bits per heavy atom. The first-order chi connectivity index (χ1) is 11.9. The van der Waals surface area contributed by atoms with Gasteiger partial charge in [0.2, 0.25) is 0 Å². The monoisotopic (exact) mass is 328 g/mol. The van der Waals surface area contributed by atoms with Crippen molar-refractivity contribution in [3.05, 3.63) is 48.0 Å². The molecule has 134 valence electrons. The zero-order valence-electron chi connectivity index (χ0n) is 15.7. The highest BCUT2D eigenvalue weighted by atomic mass is 14.7. The summed E-state index contributed by atoms with van der Waals surface area (Å²) in [6.07, 6.45) is 17.7. The van der Waals surface area contributed by atoms with E-state index in [1.165, 1.54) is 75.6 Å². The van der Waals surface area contributed by atoms with Crippen LogP contribution < -0.4 is 0 Å². The Morgan fingerprint density at radius 3 is 1.58 bits per heavy atom. The topological polar surface area (TPSA) is 31.6 Å². The smallest absolute Gasteiger partial charge is 0.0419 e. The number of H-pyrrole nitrogens is 2. The normalized spacial score (nSPS) is 11.7. The lowest BCUT2D eigenvalue weighted by atomic mass is 9.80. The molecular weight excluding hydrogens is 292 g/mol. The number of hydrogen-bond donors (Lipinski definition) is 2. The van der Waals surface area contributed by atoms with Crippen molar-refractivity contribution in [3.63, 3.8) is 0 Å². The van der Waals surface area contributed by atoms with Gasteiger partial charge in [0.15, 0.2) is 0 Å². The molecule has 0 atom stereocenters. The first kappa shape index (κ1) is 18.9. The van der Waals surface area contributed by atoms with Gasteiger partial charge in [-0.1, -0.05) is 65.2 Å². The van der Waals surface area contributed by atoms with E-state index in [1.54, 1.807) is 0 Å². The van der Waals surface area contributed by atoms with Gasteiger partial charge in [0.25, 0.3) is 0 Å². The molecule has 2 N–H and O–H groups in total. The van der Waals surface area contributed by atoms with Gasteiger partial charge >= 0.3 is 0 Å². The number of unbranched alkanes of at least 4 members (excludes halogenated alkanes) is 6. The molecule has 24 heavy (non-hydrogen) atoms. The van der Waals surface area contributed by atoms with Crippen molar-refractivity contribution in [3.8, 4) is 0 Å². The summed E-state index contributed by atoms with van der Waals surface area (Å²) in [5.41, 5.74) is 2.74. The minimum absolute atomic E-state index is 0.484. The summed E-state index contributed by atoms with van der Waals surface area (Å²) >= 11 is 0. The van der Waals surface area contributed by atoms with Crippen LogP contribution in [-0.2, 0) is 0 Å². The first-order valence-electron chi connectivity index (χ1n) is 10.1. The van der Waals surface area contributed by atoms with E-state index in [9.17, 15) is 0 Å². The molecule has 0 unspecified atom stereocenters. The SMILES string of the molecule is CCCCCCC(CCCCCC)C(c1ccc[nH]1)c1ccc[nH]1. The van der Waals surface area contributed by atoms with Crippen molar-refractivity contribution in [1.29, 1.82) is 0 Å². The third-order valence-electron chi connectivity index (χ3n) is 5.24. The highest BCUT2D eigenvalue weighted by molar-refractivity contribution is 5.24. The summed E-state index contributed by atoms with van der Waals surface area (Å²) in [6, 6.07) is 8.79. The van der Waals surface area contributed by atoms with Gasteiger partial charge in [0, 0.05) is 29.7 Å². The molecule has 2 aromatic heterocycles. The summed E-state index contributed by atoms with van der Waals surface area (Å²) in [5, 5.41) is 0. The maximum atomic E-state index is 3.49. The van der Waals surface area contributed by atoms with E-state index in [0.29, 0.717) is 5.92 Å². The fourth-order valence-electron chi connectivity index (χ4n) is 3.90. The van der Waals surface area contributed by atoms with Crippen molar-refractivity contribution in [1.82, 2.24) is 9.97 Å². The van der Waals surface area contributed by atoms with Crippen molar-refractivity contribution in [2.24, 2.45) is 5.92 Å². The standard InChI is InChI=1S/C22H36N2/c1-3-5-7-9-13-19(14-10-8-6-4-2)22(20-15-11-17-23-20)21-16-12-18-24-21/h11-12,15-19,22-24H,3-10,13-14H2,1-2H3. The van der Waals surface area contributed by atoms with Crippen molar-refractivity contribution < 1.29 is 0 Å². The van der Waals surface area contributed by atoms with Gasteiger partial charge in [0.05, 0.1) is 0 Å². The summed E-state index contributed by atoms with van der Waals surface area (Å²) in [5.74, 6) is 1.22. The van der Waals surface area contributed by atoms with Crippen molar-refractivity contribution in [2.45, 2.75) is 84.0 Å². The predicted molar refractivity (Wildman–Crippen MR) is 104 cm³/mol. The molecule has 0 radical (unpaired) electrons. The van der Waals surface area contributed by atoms with E-state index in [0.717, 1.165) is 5.92 Å². The highest BCUT2D eigenvalue weighted by Gasteiger charge is 2.25. The minimum atomic E-state index is 0.484. The van der Waals surface area contributed by atoms with Crippen LogP contribution in [-0.4, -0.2) is 9.97 Å². The number of nitrogens with one attached hydrogen (secondary N) is 2. The third kappa shape index (κ3) is 5.89. The highest BCUT2D eigenvalue weighted by Crippen LogP contribution is 2.36. The largest absolute Gasteiger partial charge is 0.364 e. The predicted octanol–water partition coefficient (Wildman–Crippen LogP) is 7.03. The van der Waals surface area contributed by atoms with Crippen LogP contribution in [0.4, 0.5) is 0 Å². The summed E-state index contributed by atoms with van der Waals surface area (Å²) in [4.78, 5) is 6.98. The minimum Gasteiger partial charge on any atom is -0.364 e. The average molecular weight is 329 g/mol. The van der Waals surface area contributed by atoms with Gasteiger partial charge in [-0.15, -0.1) is 0 Å². The second-order valence-electron chi connectivity index (χ2n) is 7.19. The van der Waals surface area contributed by atoms with Crippen LogP contribution in [0, 0.1) is 5.92 Å². The molecule has 0 saturated heterocycles. The molecule has 0 fully saturated rings. The molecule has 0 aliphatic heterocycles.